The molecule has 0 spiro atoms. The monoisotopic (exact) mass is 318 g/mol. The number of unbranched alkanes of at least 4 members (excludes halogenated alkanes) is 2. The van der Waals surface area contributed by atoms with E-state index in [0.717, 1.165) is 19.6 Å². The first kappa shape index (κ1) is 15.2. The lowest BCUT2D eigenvalue weighted by molar-refractivity contribution is 0.319. The minimum absolute atomic E-state index is 1.07. The maximum atomic E-state index is 3.49. The van der Waals surface area contributed by atoms with Crippen LogP contribution in [0, 0.1) is 0 Å². The zero-order chi connectivity index (χ0) is 12.5. The molecule has 0 fully saturated rings. The van der Waals surface area contributed by atoms with Gasteiger partial charge in [-0.1, -0.05) is 13.3 Å². The van der Waals surface area contributed by atoms with Gasteiger partial charge in [-0.25, -0.2) is 0 Å². The summed E-state index contributed by atoms with van der Waals surface area (Å²) in [5.41, 5.74) is 0. The van der Waals surface area contributed by atoms with Gasteiger partial charge in [0.1, 0.15) is 0 Å². The van der Waals surface area contributed by atoms with E-state index in [1.54, 1.807) is 0 Å². The Morgan fingerprint density at radius 2 is 2.18 bits per heavy atom. The highest BCUT2D eigenvalue weighted by molar-refractivity contribution is 9.10. The second-order valence-corrected chi connectivity index (χ2v) is 6.29. The number of hydrogen-bond donors (Lipinski definition) is 1. The standard InChI is InChI=1S/C13H23BrN2S/c1-3-15-7-5-4-6-8-16(2)10-13-9-12(14)11-17-13/h9,11,15H,3-8,10H2,1-2H3. The fraction of sp³-hybridized carbons (Fsp3) is 0.692. The van der Waals surface area contributed by atoms with Crippen molar-refractivity contribution < 1.29 is 0 Å². The molecule has 0 aliphatic rings. The van der Waals surface area contributed by atoms with Gasteiger partial charge in [0.05, 0.1) is 0 Å². The summed E-state index contributed by atoms with van der Waals surface area (Å²) >= 11 is 5.32. The van der Waals surface area contributed by atoms with Crippen LogP contribution in [0.5, 0.6) is 0 Å². The molecule has 0 saturated heterocycles. The molecule has 0 aromatic carbocycles. The Balaban J connectivity index is 2.03. The Bertz CT molecular complexity index is 301. The molecule has 0 bridgehead atoms. The smallest absolute Gasteiger partial charge is 0.0325 e. The molecular weight excluding hydrogens is 296 g/mol. The summed E-state index contributed by atoms with van der Waals surface area (Å²) in [7, 11) is 2.21. The van der Waals surface area contributed by atoms with Gasteiger partial charge in [-0.15, -0.1) is 11.3 Å². The van der Waals surface area contributed by atoms with E-state index in [0.29, 0.717) is 0 Å². The number of thiophene rings is 1. The lowest BCUT2D eigenvalue weighted by atomic mass is 10.2. The lowest BCUT2D eigenvalue weighted by Gasteiger charge is -2.15. The molecular formula is C13H23BrN2S. The van der Waals surface area contributed by atoms with Crippen LogP contribution in [0.15, 0.2) is 15.9 Å². The van der Waals surface area contributed by atoms with E-state index in [-0.39, 0.29) is 0 Å². The van der Waals surface area contributed by atoms with E-state index < -0.39 is 0 Å². The Kier molecular flexibility index (Phi) is 8.10. The van der Waals surface area contributed by atoms with Gasteiger partial charge in [0.15, 0.2) is 0 Å². The van der Waals surface area contributed by atoms with E-state index in [2.05, 4.69) is 51.6 Å². The van der Waals surface area contributed by atoms with Crippen molar-refractivity contribution in [2.45, 2.75) is 32.7 Å². The molecule has 0 amide bonds. The molecule has 1 rings (SSSR count). The summed E-state index contributed by atoms with van der Waals surface area (Å²) in [4.78, 5) is 3.85. The van der Waals surface area contributed by atoms with Crippen molar-refractivity contribution in [3.8, 4) is 0 Å². The highest BCUT2D eigenvalue weighted by Gasteiger charge is 2.02. The lowest BCUT2D eigenvalue weighted by Crippen LogP contribution is -2.19. The Labute approximate surface area is 118 Å². The molecule has 0 unspecified atom stereocenters. The predicted octanol–water partition coefficient (Wildman–Crippen LogP) is 3.72. The quantitative estimate of drug-likeness (QED) is 0.698. The van der Waals surface area contributed by atoms with Crippen LogP contribution in [-0.2, 0) is 6.54 Å². The third-order valence-corrected chi connectivity index (χ3v) is 4.37. The van der Waals surface area contributed by atoms with Crippen LogP contribution in [0.1, 0.15) is 31.1 Å². The zero-order valence-electron chi connectivity index (χ0n) is 10.8. The first-order chi connectivity index (χ1) is 8.22. The highest BCUT2D eigenvalue weighted by atomic mass is 79.9. The van der Waals surface area contributed by atoms with Gasteiger partial charge >= 0.3 is 0 Å². The topological polar surface area (TPSA) is 15.3 Å². The summed E-state index contributed by atoms with van der Waals surface area (Å²) < 4.78 is 1.21. The maximum absolute atomic E-state index is 3.49. The second kappa shape index (κ2) is 9.09. The van der Waals surface area contributed by atoms with Crippen LogP contribution in [0.4, 0.5) is 0 Å². The first-order valence-electron chi connectivity index (χ1n) is 6.34. The van der Waals surface area contributed by atoms with Gasteiger partial charge in [0.2, 0.25) is 0 Å². The van der Waals surface area contributed by atoms with Crippen LogP contribution >= 0.6 is 27.3 Å². The Hall–Kier alpha value is 0.1000. The van der Waals surface area contributed by atoms with E-state index in [1.807, 2.05) is 11.3 Å². The molecule has 1 aromatic rings. The molecule has 1 N–H and O–H groups in total. The molecule has 1 heterocycles. The zero-order valence-corrected chi connectivity index (χ0v) is 13.2. The highest BCUT2D eigenvalue weighted by Crippen LogP contribution is 2.20. The van der Waals surface area contributed by atoms with E-state index in [1.165, 1.54) is 35.2 Å². The molecule has 17 heavy (non-hydrogen) atoms. The summed E-state index contributed by atoms with van der Waals surface area (Å²) in [6.07, 6.45) is 3.92. The number of nitrogens with zero attached hydrogens (tertiary/aromatic N) is 1. The van der Waals surface area contributed by atoms with Crippen molar-refractivity contribution in [3.63, 3.8) is 0 Å². The van der Waals surface area contributed by atoms with Crippen LogP contribution in [-0.4, -0.2) is 31.6 Å². The fourth-order valence-corrected chi connectivity index (χ4v) is 3.30. The first-order valence-corrected chi connectivity index (χ1v) is 8.01. The summed E-state index contributed by atoms with van der Waals surface area (Å²) in [5.74, 6) is 0. The van der Waals surface area contributed by atoms with Crippen LogP contribution in [0.25, 0.3) is 0 Å². The molecule has 0 radical (unpaired) electrons. The van der Waals surface area contributed by atoms with Gasteiger partial charge in [-0.2, -0.15) is 0 Å². The van der Waals surface area contributed by atoms with Gasteiger partial charge in [0, 0.05) is 21.3 Å². The Morgan fingerprint density at radius 3 is 2.82 bits per heavy atom. The molecule has 2 nitrogen and oxygen atoms in total. The Morgan fingerprint density at radius 1 is 1.35 bits per heavy atom. The van der Waals surface area contributed by atoms with Gasteiger partial charge in [-0.05, 0) is 61.5 Å². The van der Waals surface area contributed by atoms with Crippen LogP contribution in [0.2, 0.25) is 0 Å². The number of nitrogens with one attached hydrogen (secondary N) is 1. The summed E-state index contributed by atoms with van der Waals surface area (Å²) in [5, 5.41) is 5.51. The van der Waals surface area contributed by atoms with Crippen molar-refractivity contribution >= 4 is 27.3 Å². The van der Waals surface area contributed by atoms with Crippen molar-refractivity contribution in [2.75, 3.05) is 26.7 Å². The number of hydrogen-bond acceptors (Lipinski definition) is 3. The van der Waals surface area contributed by atoms with E-state index >= 15 is 0 Å². The van der Waals surface area contributed by atoms with Gasteiger partial charge < -0.3 is 10.2 Å². The molecule has 98 valence electrons. The van der Waals surface area contributed by atoms with Gasteiger partial charge in [0.25, 0.3) is 0 Å². The molecule has 4 heteroatoms. The number of rotatable bonds is 9. The van der Waals surface area contributed by atoms with E-state index in [9.17, 15) is 0 Å². The van der Waals surface area contributed by atoms with Crippen molar-refractivity contribution in [1.29, 1.82) is 0 Å². The normalized spacial score (nSPS) is 11.3. The molecule has 0 saturated carbocycles. The average molecular weight is 319 g/mol. The fourth-order valence-electron chi connectivity index (χ4n) is 1.77. The second-order valence-electron chi connectivity index (χ2n) is 4.38. The third-order valence-electron chi connectivity index (χ3n) is 2.69. The molecule has 0 atom stereocenters. The predicted molar refractivity (Wildman–Crippen MR) is 80.7 cm³/mol. The van der Waals surface area contributed by atoms with Crippen LogP contribution in [0.3, 0.4) is 0 Å². The minimum atomic E-state index is 1.07. The summed E-state index contributed by atoms with van der Waals surface area (Å²) in [6, 6.07) is 2.21. The van der Waals surface area contributed by atoms with Crippen LogP contribution < -0.4 is 5.32 Å². The molecule has 0 aliphatic carbocycles. The molecule has 1 aromatic heterocycles. The largest absolute Gasteiger partial charge is 0.317 e. The minimum Gasteiger partial charge on any atom is -0.317 e. The van der Waals surface area contributed by atoms with Gasteiger partial charge in [-0.3, -0.25) is 0 Å². The average Bonchev–Trinajstić information content (AvgIpc) is 2.69. The number of halogens is 1. The molecule has 0 aliphatic heterocycles. The summed E-state index contributed by atoms with van der Waals surface area (Å²) in [6.45, 7) is 6.68. The van der Waals surface area contributed by atoms with Crippen molar-refractivity contribution in [2.24, 2.45) is 0 Å². The van der Waals surface area contributed by atoms with Crippen molar-refractivity contribution in [1.82, 2.24) is 10.2 Å². The van der Waals surface area contributed by atoms with Crippen molar-refractivity contribution in [3.05, 3.63) is 20.8 Å². The van der Waals surface area contributed by atoms with E-state index in [4.69, 9.17) is 0 Å². The SMILES string of the molecule is CCNCCCCCN(C)Cc1cc(Br)cs1. The maximum Gasteiger partial charge on any atom is 0.0325 e. The third kappa shape index (κ3) is 7.19.